The molecule has 2 rings (SSSR count). The van der Waals surface area contributed by atoms with Gasteiger partial charge in [-0.1, -0.05) is 35.8 Å². The van der Waals surface area contributed by atoms with E-state index >= 15 is 0 Å². The zero-order valence-corrected chi connectivity index (χ0v) is 14.4. The Morgan fingerprint density at radius 3 is 2.76 bits per heavy atom. The third kappa shape index (κ3) is 4.86. The summed E-state index contributed by atoms with van der Waals surface area (Å²) in [6.45, 7) is 9.17. The van der Waals surface area contributed by atoms with Gasteiger partial charge in [0.05, 0.1) is 12.4 Å². The van der Waals surface area contributed by atoms with Crippen molar-refractivity contribution in [3.63, 3.8) is 0 Å². The molecule has 0 aliphatic heterocycles. The Kier molecular flexibility index (Phi) is 5.82. The molecule has 1 aromatic heterocycles. The average molecular weight is 352 g/mol. The molecule has 0 aliphatic rings. The molecule has 1 N–H and O–H groups in total. The molecule has 0 atom stereocenters. The number of nitrogens with one attached hydrogen (secondary N) is 1. The summed E-state index contributed by atoms with van der Waals surface area (Å²) < 4.78 is 8.70. The van der Waals surface area contributed by atoms with Gasteiger partial charge in [-0.25, -0.2) is 0 Å². The van der Waals surface area contributed by atoms with Gasteiger partial charge in [0.2, 0.25) is 0 Å². The van der Waals surface area contributed by atoms with Crippen LogP contribution in [0.3, 0.4) is 0 Å². The van der Waals surface area contributed by atoms with Crippen LogP contribution in [-0.2, 0) is 13.1 Å². The summed E-state index contributed by atoms with van der Waals surface area (Å²) in [7, 11) is 0. The van der Waals surface area contributed by atoms with Crippen molar-refractivity contribution in [1.82, 2.24) is 15.1 Å². The summed E-state index contributed by atoms with van der Waals surface area (Å²) in [4.78, 5) is 0. The van der Waals surface area contributed by atoms with Gasteiger partial charge < -0.3 is 10.1 Å². The first kappa shape index (κ1) is 16.0. The lowest BCUT2D eigenvalue weighted by molar-refractivity contribution is 0.480. The highest BCUT2D eigenvalue weighted by molar-refractivity contribution is 9.10. The predicted molar refractivity (Wildman–Crippen MR) is 88.7 cm³/mol. The highest BCUT2D eigenvalue weighted by atomic mass is 79.9. The number of rotatable bonds is 7. The van der Waals surface area contributed by atoms with E-state index in [-0.39, 0.29) is 0 Å². The van der Waals surface area contributed by atoms with Gasteiger partial charge in [-0.2, -0.15) is 5.10 Å². The van der Waals surface area contributed by atoms with Crippen LogP contribution in [0, 0.1) is 5.92 Å². The molecule has 1 heterocycles. The number of ether oxygens (including phenoxy) is 1. The largest absolute Gasteiger partial charge is 0.454 e. The molecule has 0 fully saturated rings. The van der Waals surface area contributed by atoms with Crippen molar-refractivity contribution < 1.29 is 4.74 Å². The lowest BCUT2D eigenvalue weighted by Gasteiger charge is -2.10. The summed E-state index contributed by atoms with van der Waals surface area (Å²) in [6.07, 6.45) is 3.63. The first-order valence-corrected chi connectivity index (χ1v) is 8.07. The highest BCUT2D eigenvalue weighted by Crippen LogP contribution is 2.27. The Bertz CT molecular complexity index is 581. The van der Waals surface area contributed by atoms with Crippen molar-refractivity contribution >= 4 is 15.9 Å². The van der Waals surface area contributed by atoms with Gasteiger partial charge in [-0.05, 0) is 37.1 Å². The smallest absolute Gasteiger partial charge is 0.165 e. The van der Waals surface area contributed by atoms with E-state index in [0.29, 0.717) is 5.92 Å². The van der Waals surface area contributed by atoms with Crippen LogP contribution >= 0.6 is 15.9 Å². The van der Waals surface area contributed by atoms with Crippen LogP contribution in [0.2, 0.25) is 0 Å². The maximum absolute atomic E-state index is 5.81. The second-order valence-corrected chi connectivity index (χ2v) is 6.27. The molecule has 21 heavy (non-hydrogen) atoms. The van der Waals surface area contributed by atoms with Crippen LogP contribution in [0.15, 0.2) is 35.1 Å². The van der Waals surface area contributed by atoms with E-state index in [0.717, 1.165) is 35.6 Å². The Balaban J connectivity index is 1.97. The first-order chi connectivity index (χ1) is 10.1. The normalized spacial score (nSPS) is 11.1. The molecule has 0 unspecified atom stereocenters. The molecule has 0 radical (unpaired) electrons. The van der Waals surface area contributed by atoms with E-state index in [9.17, 15) is 0 Å². The van der Waals surface area contributed by atoms with Gasteiger partial charge >= 0.3 is 0 Å². The molecule has 0 amide bonds. The van der Waals surface area contributed by atoms with E-state index in [1.165, 1.54) is 5.56 Å². The van der Waals surface area contributed by atoms with Gasteiger partial charge in [-0.15, -0.1) is 0 Å². The molecular formula is C16H22BrN3O. The topological polar surface area (TPSA) is 39.1 Å². The Morgan fingerprint density at radius 2 is 2.14 bits per heavy atom. The highest BCUT2D eigenvalue weighted by Gasteiger charge is 2.05. The summed E-state index contributed by atoms with van der Waals surface area (Å²) in [5.74, 6) is 2.22. The number of aromatic nitrogens is 2. The molecule has 0 bridgehead atoms. The van der Waals surface area contributed by atoms with Gasteiger partial charge in [0, 0.05) is 17.6 Å². The van der Waals surface area contributed by atoms with Crippen LogP contribution in [-0.4, -0.2) is 16.3 Å². The molecule has 1 aromatic carbocycles. The Labute approximate surface area is 134 Å². The standard InChI is InChI=1S/C16H22BrN3O/c1-4-20-11-15(10-19-20)21-14-6-5-13(16(17)7-14)9-18-8-12(2)3/h5-7,10-12,18H,4,8-9H2,1-3H3. The van der Waals surface area contributed by atoms with Gasteiger partial charge in [0.1, 0.15) is 5.75 Å². The van der Waals surface area contributed by atoms with Crippen LogP contribution in [0.5, 0.6) is 11.5 Å². The number of benzene rings is 1. The SMILES string of the molecule is CCn1cc(Oc2ccc(CNCC(C)C)c(Br)c2)cn1. The summed E-state index contributed by atoms with van der Waals surface area (Å²) in [5.41, 5.74) is 1.23. The Morgan fingerprint density at radius 1 is 1.33 bits per heavy atom. The fourth-order valence-electron chi connectivity index (χ4n) is 1.94. The molecule has 114 valence electrons. The van der Waals surface area contributed by atoms with Crippen LogP contribution in [0.1, 0.15) is 26.3 Å². The molecule has 0 saturated heterocycles. The number of halogens is 1. The fraction of sp³-hybridized carbons (Fsp3) is 0.438. The van der Waals surface area contributed by atoms with Crippen LogP contribution in [0.4, 0.5) is 0 Å². The van der Waals surface area contributed by atoms with Crippen molar-refractivity contribution in [2.24, 2.45) is 5.92 Å². The minimum absolute atomic E-state index is 0.654. The molecule has 0 aliphatic carbocycles. The number of nitrogens with zero attached hydrogens (tertiary/aromatic N) is 2. The summed E-state index contributed by atoms with van der Waals surface area (Å²) in [5, 5.41) is 7.64. The molecular weight excluding hydrogens is 330 g/mol. The van der Waals surface area contributed by atoms with E-state index < -0.39 is 0 Å². The minimum Gasteiger partial charge on any atom is -0.454 e. The molecule has 4 nitrogen and oxygen atoms in total. The van der Waals surface area contributed by atoms with Crippen LogP contribution < -0.4 is 10.1 Å². The molecule has 5 heteroatoms. The fourth-order valence-corrected chi connectivity index (χ4v) is 2.43. The number of hydrogen-bond donors (Lipinski definition) is 1. The van der Waals surface area contributed by atoms with Crippen molar-refractivity contribution in [2.75, 3.05) is 6.54 Å². The predicted octanol–water partition coefficient (Wildman–Crippen LogP) is 4.20. The second kappa shape index (κ2) is 7.61. The van der Waals surface area contributed by atoms with Gasteiger partial charge in [-0.3, -0.25) is 4.68 Å². The average Bonchev–Trinajstić information content (AvgIpc) is 2.88. The summed E-state index contributed by atoms with van der Waals surface area (Å²) >= 11 is 3.61. The van der Waals surface area contributed by atoms with Crippen molar-refractivity contribution in [3.8, 4) is 11.5 Å². The maximum Gasteiger partial charge on any atom is 0.165 e. The maximum atomic E-state index is 5.81. The van der Waals surface area contributed by atoms with Crippen molar-refractivity contribution in [1.29, 1.82) is 0 Å². The minimum atomic E-state index is 0.654. The quantitative estimate of drug-likeness (QED) is 0.812. The van der Waals surface area contributed by atoms with E-state index in [1.807, 2.05) is 29.9 Å². The summed E-state index contributed by atoms with van der Waals surface area (Å²) in [6, 6.07) is 6.06. The molecule has 2 aromatic rings. The van der Waals surface area contributed by atoms with Crippen LogP contribution in [0.25, 0.3) is 0 Å². The third-order valence-electron chi connectivity index (χ3n) is 3.06. The molecule has 0 saturated carbocycles. The zero-order valence-electron chi connectivity index (χ0n) is 12.8. The lowest BCUT2D eigenvalue weighted by atomic mass is 10.2. The third-order valence-corrected chi connectivity index (χ3v) is 3.80. The monoisotopic (exact) mass is 351 g/mol. The number of hydrogen-bond acceptors (Lipinski definition) is 3. The van der Waals surface area contributed by atoms with Gasteiger partial charge in [0.15, 0.2) is 5.75 Å². The van der Waals surface area contributed by atoms with E-state index in [4.69, 9.17) is 4.74 Å². The van der Waals surface area contributed by atoms with Gasteiger partial charge in [0.25, 0.3) is 0 Å². The molecule has 0 spiro atoms. The number of aryl methyl sites for hydroxylation is 1. The van der Waals surface area contributed by atoms with Crippen molar-refractivity contribution in [3.05, 3.63) is 40.6 Å². The zero-order chi connectivity index (χ0) is 15.2. The first-order valence-electron chi connectivity index (χ1n) is 7.28. The van der Waals surface area contributed by atoms with E-state index in [2.05, 4.69) is 46.3 Å². The van der Waals surface area contributed by atoms with E-state index in [1.54, 1.807) is 6.20 Å². The lowest BCUT2D eigenvalue weighted by Crippen LogP contribution is -2.19. The Hall–Kier alpha value is -1.33. The van der Waals surface area contributed by atoms with Crippen molar-refractivity contribution in [2.45, 2.75) is 33.9 Å². The second-order valence-electron chi connectivity index (χ2n) is 5.41.